The molecule has 1 fully saturated rings. The lowest BCUT2D eigenvalue weighted by Crippen LogP contribution is -2.32. The summed E-state index contributed by atoms with van der Waals surface area (Å²) in [6.07, 6.45) is 3.63. The van der Waals surface area contributed by atoms with Crippen molar-refractivity contribution in [1.29, 1.82) is 0 Å². The quantitative estimate of drug-likeness (QED) is 0.350. The summed E-state index contributed by atoms with van der Waals surface area (Å²) in [5.41, 5.74) is 1.00. The molecule has 23 heavy (non-hydrogen) atoms. The number of thiol groups is 1. The molecular formula is C16H18N2O4S. The van der Waals surface area contributed by atoms with Crippen LogP contribution in [-0.4, -0.2) is 38.1 Å². The van der Waals surface area contributed by atoms with Crippen LogP contribution >= 0.6 is 0 Å². The fourth-order valence-electron chi connectivity index (χ4n) is 2.55. The zero-order valence-corrected chi connectivity index (χ0v) is 13.4. The van der Waals surface area contributed by atoms with Gasteiger partial charge in [-0.05, 0) is 12.5 Å². The Kier molecular flexibility index (Phi) is 5.70. The molecule has 7 heteroatoms. The van der Waals surface area contributed by atoms with Gasteiger partial charge in [0.15, 0.2) is 0 Å². The highest BCUT2D eigenvalue weighted by molar-refractivity contribution is 7.71. The minimum absolute atomic E-state index is 0.151. The van der Waals surface area contributed by atoms with Crippen LogP contribution in [0.15, 0.2) is 54.8 Å². The van der Waals surface area contributed by atoms with Crippen LogP contribution in [0, 0.1) is 5.92 Å². The Balaban J connectivity index is 2.14. The maximum Gasteiger partial charge on any atom is 0.238 e. The van der Waals surface area contributed by atoms with Crippen LogP contribution in [0.25, 0.3) is 0 Å². The van der Waals surface area contributed by atoms with Gasteiger partial charge in [-0.15, -0.1) is 0 Å². The van der Waals surface area contributed by atoms with E-state index in [9.17, 15) is 18.0 Å². The number of Topliss-reactive ketones (excluding diaryl/α,β-unsaturated/α-hetero) is 1. The Morgan fingerprint density at radius 3 is 2.57 bits per heavy atom. The molecule has 1 aromatic rings. The lowest BCUT2D eigenvalue weighted by atomic mass is 10.1. The number of benzene rings is 1. The van der Waals surface area contributed by atoms with Gasteiger partial charge in [0.25, 0.3) is 0 Å². The maximum absolute atomic E-state index is 12.6. The molecule has 1 atom stereocenters. The normalized spacial score (nSPS) is 18.0. The summed E-state index contributed by atoms with van der Waals surface area (Å²) in [6.45, 7) is 4.43. The third kappa shape index (κ3) is 4.29. The molecule has 0 aromatic heterocycles. The summed E-state index contributed by atoms with van der Waals surface area (Å²) in [7, 11) is -2.96. The maximum atomic E-state index is 12.6. The first-order chi connectivity index (χ1) is 11.0. The standard InChI is InChI=1S/C16H18N2O4S/c1-2-6-14(15(19)12-7-4-3-5-8-12)18-10-9-13(11-18)16(20)17-23(21)22/h2-8,13,23H,1,9-11H2,(H,17,20,21,22)/b14-6-. The number of allylic oxidation sites excluding steroid dienone is 3. The van der Waals surface area contributed by atoms with Crippen LogP contribution < -0.4 is 4.72 Å². The highest BCUT2D eigenvalue weighted by atomic mass is 32.2. The summed E-state index contributed by atoms with van der Waals surface area (Å²) in [6, 6.07) is 8.84. The Bertz CT molecular complexity index is 702. The molecule has 1 aliphatic heterocycles. The number of carbonyl (C=O) groups is 2. The average Bonchev–Trinajstić information content (AvgIpc) is 3.02. The molecule has 122 valence electrons. The molecule has 1 amide bonds. The van der Waals surface area contributed by atoms with E-state index in [-0.39, 0.29) is 5.78 Å². The predicted molar refractivity (Wildman–Crippen MR) is 87.2 cm³/mol. The van der Waals surface area contributed by atoms with E-state index in [1.165, 1.54) is 6.08 Å². The van der Waals surface area contributed by atoms with E-state index < -0.39 is 22.7 Å². The molecule has 1 unspecified atom stereocenters. The molecule has 0 spiro atoms. The minimum Gasteiger partial charge on any atom is -0.368 e. The molecule has 0 aliphatic carbocycles. The Morgan fingerprint density at radius 1 is 1.26 bits per heavy atom. The number of hydrogen-bond acceptors (Lipinski definition) is 5. The number of nitrogens with one attached hydrogen (secondary N) is 1. The molecule has 1 aliphatic rings. The van der Waals surface area contributed by atoms with Gasteiger partial charge in [0.2, 0.25) is 22.6 Å². The third-order valence-corrected chi connectivity index (χ3v) is 4.05. The number of ketones is 1. The zero-order chi connectivity index (χ0) is 16.8. The van der Waals surface area contributed by atoms with Crippen LogP contribution in [0.3, 0.4) is 0 Å². The van der Waals surface area contributed by atoms with Crippen molar-refractivity contribution in [3.8, 4) is 0 Å². The number of amides is 1. The van der Waals surface area contributed by atoms with Crippen LogP contribution in [0.2, 0.25) is 0 Å². The lowest BCUT2D eigenvalue weighted by molar-refractivity contribution is -0.122. The summed E-state index contributed by atoms with van der Waals surface area (Å²) < 4.78 is 23.1. The number of hydrogen-bond donors (Lipinski definition) is 2. The van der Waals surface area contributed by atoms with Crippen molar-refractivity contribution in [2.75, 3.05) is 13.1 Å². The Labute approximate surface area is 136 Å². The fraction of sp³-hybridized carbons (Fsp3) is 0.250. The summed E-state index contributed by atoms with van der Waals surface area (Å²) in [5.74, 6) is -1.14. The van der Waals surface area contributed by atoms with Gasteiger partial charge in [0.1, 0.15) is 0 Å². The van der Waals surface area contributed by atoms with Crippen LogP contribution in [0.4, 0.5) is 0 Å². The molecule has 1 heterocycles. The molecule has 1 N–H and O–H groups in total. The van der Waals surface area contributed by atoms with Gasteiger partial charge in [0, 0.05) is 18.7 Å². The van der Waals surface area contributed by atoms with E-state index in [1.54, 1.807) is 35.2 Å². The van der Waals surface area contributed by atoms with Gasteiger partial charge >= 0.3 is 0 Å². The number of nitrogens with zero attached hydrogens (tertiary/aromatic N) is 1. The number of likely N-dealkylation sites (tertiary alicyclic amines) is 1. The van der Waals surface area contributed by atoms with E-state index in [0.717, 1.165) is 0 Å². The summed E-state index contributed by atoms with van der Waals surface area (Å²) in [4.78, 5) is 26.2. The van der Waals surface area contributed by atoms with Gasteiger partial charge in [-0.25, -0.2) is 8.42 Å². The second kappa shape index (κ2) is 7.73. The highest BCUT2D eigenvalue weighted by Crippen LogP contribution is 2.23. The van der Waals surface area contributed by atoms with Crippen LogP contribution in [-0.2, 0) is 15.7 Å². The predicted octanol–water partition coefficient (Wildman–Crippen LogP) is 0.904. The second-order valence-corrected chi connectivity index (χ2v) is 5.89. The smallest absolute Gasteiger partial charge is 0.238 e. The molecule has 1 saturated heterocycles. The first-order valence-corrected chi connectivity index (χ1v) is 8.33. The monoisotopic (exact) mass is 334 g/mol. The topological polar surface area (TPSA) is 83.6 Å². The van der Waals surface area contributed by atoms with Gasteiger partial charge in [-0.2, -0.15) is 0 Å². The van der Waals surface area contributed by atoms with E-state index in [1.807, 2.05) is 10.8 Å². The van der Waals surface area contributed by atoms with E-state index >= 15 is 0 Å². The number of rotatable bonds is 6. The Hall–Kier alpha value is -2.41. The lowest BCUT2D eigenvalue weighted by Gasteiger charge is -2.21. The van der Waals surface area contributed by atoms with Crippen molar-refractivity contribution in [3.63, 3.8) is 0 Å². The van der Waals surface area contributed by atoms with Crippen LogP contribution in [0.5, 0.6) is 0 Å². The van der Waals surface area contributed by atoms with Crippen molar-refractivity contribution in [2.45, 2.75) is 6.42 Å². The highest BCUT2D eigenvalue weighted by Gasteiger charge is 2.31. The summed E-state index contributed by atoms with van der Waals surface area (Å²) in [5, 5.41) is 0. The molecule has 0 bridgehead atoms. The van der Waals surface area contributed by atoms with E-state index in [2.05, 4.69) is 6.58 Å². The second-order valence-electron chi connectivity index (χ2n) is 5.15. The van der Waals surface area contributed by atoms with E-state index in [4.69, 9.17) is 0 Å². The summed E-state index contributed by atoms with van der Waals surface area (Å²) >= 11 is 0. The molecule has 2 rings (SSSR count). The molecule has 0 radical (unpaired) electrons. The van der Waals surface area contributed by atoms with Gasteiger partial charge in [-0.1, -0.05) is 43.0 Å². The van der Waals surface area contributed by atoms with E-state index in [0.29, 0.717) is 30.8 Å². The average molecular weight is 334 g/mol. The Morgan fingerprint density at radius 2 is 1.96 bits per heavy atom. The molecular weight excluding hydrogens is 316 g/mol. The fourth-order valence-corrected chi connectivity index (χ4v) is 2.91. The van der Waals surface area contributed by atoms with Crippen LogP contribution in [0.1, 0.15) is 16.8 Å². The van der Waals surface area contributed by atoms with Gasteiger partial charge in [0.05, 0.1) is 11.6 Å². The van der Waals surface area contributed by atoms with Crippen molar-refractivity contribution in [1.82, 2.24) is 9.62 Å². The van der Waals surface area contributed by atoms with Crippen molar-refractivity contribution >= 4 is 22.6 Å². The SMILES string of the molecule is C=C/C=C(/C(=O)c1ccccc1)N1CCC(C(=O)N[SH](=O)=O)C1. The molecule has 6 nitrogen and oxygen atoms in total. The zero-order valence-electron chi connectivity index (χ0n) is 12.5. The minimum atomic E-state index is -2.96. The van der Waals surface area contributed by atoms with Crippen molar-refractivity contribution in [3.05, 3.63) is 60.3 Å². The van der Waals surface area contributed by atoms with Crippen molar-refractivity contribution < 1.29 is 18.0 Å². The molecule has 0 saturated carbocycles. The van der Waals surface area contributed by atoms with Crippen molar-refractivity contribution in [2.24, 2.45) is 5.92 Å². The first-order valence-electron chi connectivity index (χ1n) is 7.15. The number of carbonyl (C=O) groups excluding carboxylic acids is 2. The largest absolute Gasteiger partial charge is 0.368 e. The third-order valence-electron chi connectivity index (χ3n) is 3.65. The molecule has 1 aromatic carbocycles. The van der Waals surface area contributed by atoms with Gasteiger partial charge < -0.3 is 4.90 Å². The first kappa shape index (κ1) is 17.0. The van der Waals surface area contributed by atoms with Gasteiger partial charge in [-0.3, -0.25) is 14.3 Å².